The summed E-state index contributed by atoms with van der Waals surface area (Å²) in [6.45, 7) is 13.3. The van der Waals surface area contributed by atoms with Gasteiger partial charge in [0.1, 0.15) is 0 Å². The van der Waals surface area contributed by atoms with Crippen molar-refractivity contribution >= 4 is 5.96 Å². The first-order valence-electron chi connectivity index (χ1n) is 7.58. The van der Waals surface area contributed by atoms with E-state index in [0.29, 0.717) is 12.1 Å². The second-order valence-corrected chi connectivity index (χ2v) is 6.76. The fourth-order valence-electron chi connectivity index (χ4n) is 2.67. The number of piperidine rings is 1. The van der Waals surface area contributed by atoms with Crippen molar-refractivity contribution in [1.82, 2.24) is 15.5 Å². The van der Waals surface area contributed by atoms with E-state index >= 15 is 0 Å². The number of aliphatic imine (C=N–C) groups is 1. The number of guanidine groups is 1. The van der Waals surface area contributed by atoms with Crippen LogP contribution in [0.4, 0.5) is 0 Å². The number of hydrogen-bond donors (Lipinski definition) is 2. The molecule has 0 aliphatic carbocycles. The molecule has 0 saturated carbocycles. The Hall–Kier alpha value is -0.770. The van der Waals surface area contributed by atoms with E-state index in [2.05, 4.69) is 55.1 Å². The van der Waals surface area contributed by atoms with Crippen LogP contribution in [0, 0.1) is 0 Å². The first kappa shape index (κ1) is 16.3. The second-order valence-electron chi connectivity index (χ2n) is 6.76. The molecule has 4 heteroatoms. The third-order valence-electron chi connectivity index (χ3n) is 3.70. The molecule has 2 N–H and O–H groups in total. The molecule has 4 nitrogen and oxygen atoms in total. The molecule has 1 saturated heterocycles. The smallest absolute Gasteiger partial charge is 0.191 e. The topological polar surface area (TPSA) is 39.7 Å². The van der Waals surface area contributed by atoms with E-state index in [1.54, 1.807) is 0 Å². The van der Waals surface area contributed by atoms with Gasteiger partial charge >= 0.3 is 0 Å². The lowest BCUT2D eigenvalue weighted by atomic mass is 10.0. The van der Waals surface area contributed by atoms with Gasteiger partial charge in [-0.15, -0.1) is 0 Å². The van der Waals surface area contributed by atoms with Gasteiger partial charge in [-0.25, -0.2) is 0 Å². The highest BCUT2D eigenvalue weighted by Gasteiger charge is 2.23. The first-order valence-corrected chi connectivity index (χ1v) is 7.58. The Balaban J connectivity index is 2.41. The Labute approximate surface area is 119 Å². The monoisotopic (exact) mass is 268 g/mol. The molecule has 0 amide bonds. The number of likely N-dealkylation sites (tertiary alicyclic amines) is 1. The lowest BCUT2D eigenvalue weighted by molar-refractivity contribution is 0.115. The highest BCUT2D eigenvalue weighted by molar-refractivity contribution is 5.80. The van der Waals surface area contributed by atoms with Gasteiger partial charge in [-0.05, 0) is 54.0 Å². The summed E-state index contributed by atoms with van der Waals surface area (Å²) in [7, 11) is 1.83. The first-order chi connectivity index (χ1) is 8.83. The molecule has 0 bridgehead atoms. The SMILES string of the molecule is CN=C(NCC(C)N1CCCCC1C)NC(C)(C)C. The number of nitrogens with one attached hydrogen (secondary N) is 2. The molecular formula is C15H32N4. The molecule has 2 atom stereocenters. The molecule has 0 aromatic rings. The third kappa shape index (κ3) is 5.81. The van der Waals surface area contributed by atoms with Crippen molar-refractivity contribution in [1.29, 1.82) is 0 Å². The van der Waals surface area contributed by atoms with E-state index in [0.717, 1.165) is 12.5 Å². The van der Waals surface area contributed by atoms with Gasteiger partial charge in [0.15, 0.2) is 5.96 Å². The van der Waals surface area contributed by atoms with Crippen LogP contribution >= 0.6 is 0 Å². The molecule has 0 aromatic heterocycles. The van der Waals surface area contributed by atoms with Crippen LogP contribution in [0.15, 0.2) is 4.99 Å². The molecule has 112 valence electrons. The van der Waals surface area contributed by atoms with Crippen molar-refractivity contribution in [3.05, 3.63) is 0 Å². The van der Waals surface area contributed by atoms with E-state index in [9.17, 15) is 0 Å². The summed E-state index contributed by atoms with van der Waals surface area (Å²) >= 11 is 0. The Morgan fingerprint density at radius 3 is 2.58 bits per heavy atom. The Morgan fingerprint density at radius 1 is 1.37 bits per heavy atom. The highest BCUT2D eigenvalue weighted by Crippen LogP contribution is 2.18. The van der Waals surface area contributed by atoms with E-state index in [4.69, 9.17) is 0 Å². The highest BCUT2D eigenvalue weighted by atomic mass is 15.2. The van der Waals surface area contributed by atoms with Gasteiger partial charge in [0.05, 0.1) is 0 Å². The molecule has 2 unspecified atom stereocenters. The largest absolute Gasteiger partial charge is 0.355 e. The predicted octanol–water partition coefficient (Wildman–Crippen LogP) is 2.21. The van der Waals surface area contributed by atoms with E-state index in [1.807, 2.05) is 7.05 Å². The molecule has 1 aliphatic rings. The van der Waals surface area contributed by atoms with Crippen LogP contribution < -0.4 is 10.6 Å². The summed E-state index contributed by atoms with van der Waals surface area (Å²) < 4.78 is 0. The van der Waals surface area contributed by atoms with E-state index in [1.165, 1.54) is 25.8 Å². The second kappa shape index (κ2) is 7.13. The van der Waals surface area contributed by atoms with Crippen LogP contribution in [0.2, 0.25) is 0 Å². The van der Waals surface area contributed by atoms with E-state index in [-0.39, 0.29) is 5.54 Å². The summed E-state index contributed by atoms with van der Waals surface area (Å²) in [5, 5.41) is 6.84. The molecule has 1 rings (SSSR count). The van der Waals surface area contributed by atoms with Crippen molar-refractivity contribution in [3.63, 3.8) is 0 Å². The summed E-state index contributed by atoms with van der Waals surface area (Å²) in [6, 6.07) is 1.26. The summed E-state index contributed by atoms with van der Waals surface area (Å²) in [5.41, 5.74) is 0.0451. The zero-order valence-corrected chi connectivity index (χ0v) is 13.6. The van der Waals surface area contributed by atoms with Gasteiger partial charge < -0.3 is 10.6 Å². The van der Waals surface area contributed by atoms with Crippen molar-refractivity contribution in [2.75, 3.05) is 20.1 Å². The maximum atomic E-state index is 4.29. The maximum Gasteiger partial charge on any atom is 0.191 e. The molecule has 1 fully saturated rings. The average molecular weight is 268 g/mol. The zero-order valence-electron chi connectivity index (χ0n) is 13.6. The quantitative estimate of drug-likeness (QED) is 0.609. The predicted molar refractivity (Wildman–Crippen MR) is 83.7 cm³/mol. The van der Waals surface area contributed by atoms with Crippen LogP contribution in [0.3, 0.4) is 0 Å². The molecule has 1 heterocycles. The molecule has 0 aromatic carbocycles. The van der Waals surface area contributed by atoms with Gasteiger partial charge in [-0.1, -0.05) is 6.42 Å². The molecule has 0 radical (unpaired) electrons. The van der Waals surface area contributed by atoms with E-state index < -0.39 is 0 Å². The van der Waals surface area contributed by atoms with Gasteiger partial charge in [0, 0.05) is 31.2 Å². The Bertz CT molecular complexity index is 293. The molecule has 1 aliphatic heterocycles. The van der Waals surface area contributed by atoms with Crippen LogP contribution in [0.25, 0.3) is 0 Å². The van der Waals surface area contributed by atoms with Crippen molar-refractivity contribution in [2.24, 2.45) is 4.99 Å². The molecule has 19 heavy (non-hydrogen) atoms. The van der Waals surface area contributed by atoms with Gasteiger partial charge in [0.25, 0.3) is 0 Å². The Kier molecular flexibility index (Phi) is 6.11. The third-order valence-corrected chi connectivity index (χ3v) is 3.70. The zero-order chi connectivity index (χ0) is 14.5. The summed E-state index contributed by atoms with van der Waals surface area (Å²) in [4.78, 5) is 6.90. The molecule has 0 spiro atoms. The van der Waals surface area contributed by atoms with Crippen LogP contribution in [-0.2, 0) is 0 Å². The van der Waals surface area contributed by atoms with Gasteiger partial charge in [0.2, 0.25) is 0 Å². The normalized spacial score (nSPS) is 24.1. The molecular weight excluding hydrogens is 236 g/mol. The van der Waals surface area contributed by atoms with Crippen molar-refractivity contribution in [2.45, 2.75) is 71.5 Å². The summed E-state index contributed by atoms with van der Waals surface area (Å²) in [5.74, 6) is 0.893. The van der Waals surface area contributed by atoms with Crippen LogP contribution in [-0.4, -0.2) is 48.6 Å². The van der Waals surface area contributed by atoms with Crippen molar-refractivity contribution in [3.8, 4) is 0 Å². The fourth-order valence-corrected chi connectivity index (χ4v) is 2.67. The maximum absolute atomic E-state index is 4.29. The van der Waals surface area contributed by atoms with Crippen LogP contribution in [0.1, 0.15) is 53.9 Å². The van der Waals surface area contributed by atoms with Gasteiger partial charge in [-0.3, -0.25) is 9.89 Å². The lowest BCUT2D eigenvalue weighted by Crippen LogP contribution is -2.53. The number of rotatable bonds is 3. The number of hydrogen-bond acceptors (Lipinski definition) is 2. The number of nitrogens with zero attached hydrogens (tertiary/aromatic N) is 2. The summed E-state index contributed by atoms with van der Waals surface area (Å²) in [6.07, 6.45) is 4.05. The lowest BCUT2D eigenvalue weighted by Gasteiger charge is -2.38. The minimum atomic E-state index is 0.0451. The standard InChI is InChI=1S/C15H32N4/c1-12-9-7-8-10-19(12)13(2)11-17-14(16-6)18-15(3,4)5/h12-13H,7-11H2,1-6H3,(H2,16,17,18). The minimum Gasteiger partial charge on any atom is -0.355 e. The van der Waals surface area contributed by atoms with Gasteiger partial charge in [-0.2, -0.15) is 0 Å². The minimum absolute atomic E-state index is 0.0451. The van der Waals surface area contributed by atoms with Crippen molar-refractivity contribution < 1.29 is 0 Å². The fraction of sp³-hybridized carbons (Fsp3) is 0.933. The average Bonchev–Trinajstić information content (AvgIpc) is 2.33. The van der Waals surface area contributed by atoms with Crippen LogP contribution in [0.5, 0.6) is 0 Å². The Morgan fingerprint density at radius 2 is 2.05 bits per heavy atom.